The van der Waals surface area contributed by atoms with Gasteiger partial charge in [-0.05, 0) is 44.2 Å². The molecule has 2 aliphatic rings. The molecule has 0 bridgehead atoms. The third-order valence-corrected chi connectivity index (χ3v) is 4.37. The molecule has 2 fully saturated rings. The van der Waals surface area contributed by atoms with Crippen molar-refractivity contribution in [3.8, 4) is 0 Å². The zero-order valence-corrected chi connectivity index (χ0v) is 12.5. The molecule has 2 atom stereocenters. The molecule has 4 heteroatoms. The van der Waals surface area contributed by atoms with Gasteiger partial charge in [0.2, 0.25) is 5.91 Å². The number of aliphatic hydroxyl groups is 1. The molecule has 3 rings (SSSR count). The van der Waals surface area contributed by atoms with Crippen LogP contribution in [0.5, 0.6) is 0 Å². The minimum absolute atomic E-state index is 0.0502. The van der Waals surface area contributed by atoms with Crippen LogP contribution in [-0.2, 0) is 4.79 Å². The van der Waals surface area contributed by atoms with Gasteiger partial charge < -0.3 is 10.4 Å². The molecule has 0 aromatic heterocycles. The first-order valence-electron chi connectivity index (χ1n) is 7.89. The van der Waals surface area contributed by atoms with E-state index < -0.39 is 0 Å². The molecule has 4 nitrogen and oxygen atoms in total. The van der Waals surface area contributed by atoms with Crippen LogP contribution in [0.3, 0.4) is 0 Å². The van der Waals surface area contributed by atoms with Gasteiger partial charge in [-0.25, -0.2) is 0 Å². The van der Waals surface area contributed by atoms with Gasteiger partial charge in [-0.2, -0.15) is 0 Å². The fourth-order valence-corrected chi connectivity index (χ4v) is 2.78. The van der Waals surface area contributed by atoms with E-state index in [0.717, 1.165) is 31.2 Å². The normalized spacial score (nSPS) is 21.1. The number of carbonyl (C=O) groups is 1. The van der Waals surface area contributed by atoms with Crippen LogP contribution in [0.15, 0.2) is 30.3 Å². The summed E-state index contributed by atoms with van der Waals surface area (Å²) >= 11 is 0. The highest BCUT2D eigenvalue weighted by atomic mass is 16.3. The zero-order chi connectivity index (χ0) is 14.8. The summed E-state index contributed by atoms with van der Waals surface area (Å²) in [5.74, 6) is 0.476. The van der Waals surface area contributed by atoms with Gasteiger partial charge in [0.15, 0.2) is 0 Å². The highest BCUT2D eigenvalue weighted by molar-refractivity contribution is 5.83. The molecule has 2 unspecified atom stereocenters. The SMILES string of the molecule is CN(CC(O)C1CC1)C(C(=O)NC1CC1)c1ccccc1. The number of aliphatic hydroxyl groups excluding tert-OH is 1. The van der Waals surface area contributed by atoms with E-state index in [4.69, 9.17) is 0 Å². The minimum atomic E-state index is -0.324. The summed E-state index contributed by atoms with van der Waals surface area (Å²) in [5, 5.41) is 13.2. The number of carbonyl (C=O) groups excluding carboxylic acids is 1. The van der Waals surface area contributed by atoms with Crippen molar-refractivity contribution in [1.82, 2.24) is 10.2 Å². The monoisotopic (exact) mass is 288 g/mol. The molecular weight excluding hydrogens is 264 g/mol. The first-order chi connectivity index (χ1) is 10.1. The van der Waals surface area contributed by atoms with Crippen LogP contribution in [0.4, 0.5) is 0 Å². The summed E-state index contributed by atoms with van der Waals surface area (Å²) in [6, 6.07) is 9.87. The smallest absolute Gasteiger partial charge is 0.242 e. The Hall–Kier alpha value is -1.39. The van der Waals surface area contributed by atoms with Gasteiger partial charge in [-0.1, -0.05) is 30.3 Å². The molecule has 0 radical (unpaired) electrons. The van der Waals surface area contributed by atoms with Crippen LogP contribution >= 0.6 is 0 Å². The van der Waals surface area contributed by atoms with E-state index in [9.17, 15) is 9.90 Å². The summed E-state index contributed by atoms with van der Waals surface area (Å²) in [6.07, 6.45) is 4.07. The number of rotatable bonds is 7. The number of benzene rings is 1. The second kappa shape index (κ2) is 6.16. The van der Waals surface area contributed by atoms with Gasteiger partial charge in [0, 0.05) is 12.6 Å². The van der Waals surface area contributed by atoms with Crippen LogP contribution in [0.1, 0.15) is 37.3 Å². The van der Waals surface area contributed by atoms with Gasteiger partial charge in [-0.15, -0.1) is 0 Å². The standard InChI is InChI=1S/C17H24N2O2/c1-19(11-15(20)12-7-8-12)16(13-5-3-2-4-6-13)17(21)18-14-9-10-14/h2-6,12,14-16,20H,7-11H2,1H3,(H,18,21). The summed E-state index contributed by atoms with van der Waals surface area (Å²) < 4.78 is 0. The lowest BCUT2D eigenvalue weighted by Gasteiger charge is -2.29. The fraction of sp³-hybridized carbons (Fsp3) is 0.588. The highest BCUT2D eigenvalue weighted by Crippen LogP contribution is 2.34. The summed E-state index contributed by atoms with van der Waals surface area (Å²) in [7, 11) is 1.93. The van der Waals surface area contributed by atoms with Crippen molar-refractivity contribution in [2.45, 2.75) is 43.9 Å². The Labute approximate surface area is 126 Å². The number of amides is 1. The van der Waals surface area contributed by atoms with Crippen molar-refractivity contribution >= 4 is 5.91 Å². The molecule has 21 heavy (non-hydrogen) atoms. The summed E-state index contributed by atoms with van der Waals surface area (Å²) in [5.41, 5.74) is 0.987. The zero-order valence-electron chi connectivity index (χ0n) is 12.5. The number of nitrogens with zero attached hydrogens (tertiary/aromatic N) is 1. The van der Waals surface area contributed by atoms with E-state index in [1.54, 1.807) is 0 Å². The predicted octanol–water partition coefficient (Wildman–Crippen LogP) is 1.71. The average Bonchev–Trinajstić information content (AvgIpc) is 3.34. The topological polar surface area (TPSA) is 52.6 Å². The van der Waals surface area contributed by atoms with Crippen LogP contribution in [-0.4, -0.2) is 41.7 Å². The Bertz CT molecular complexity index is 483. The highest BCUT2D eigenvalue weighted by Gasteiger charge is 2.35. The van der Waals surface area contributed by atoms with E-state index >= 15 is 0 Å². The molecule has 0 heterocycles. The maximum absolute atomic E-state index is 12.6. The maximum Gasteiger partial charge on any atom is 0.242 e. The lowest BCUT2D eigenvalue weighted by molar-refractivity contribution is -0.126. The van der Waals surface area contributed by atoms with Crippen LogP contribution in [0.25, 0.3) is 0 Å². The summed E-state index contributed by atoms with van der Waals surface area (Å²) in [4.78, 5) is 14.6. The third kappa shape index (κ3) is 3.83. The van der Waals surface area contributed by atoms with Crippen molar-refractivity contribution in [3.05, 3.63) is 35.9 Å². The lowest BCUT2D eigenvalue weighted by Crippen LogP contribution is -2.42. The van der Waals surface area contributed by atoms with E-state index in [2.05, 4.69) is 5.32 Å². The van der Waals surface area contributed by atoms with Gasteiger partial charge in [0.1, 0.15) is 6.04 Å². The molecule has 1 amide bonds. The minimum Gasteiger partial charge on any atom is -0.392 e. The number of likely N-dealkylation sites (N-methyl/N-ethyl adjacent to an activating group) is 1. The molecule has 0 spiro atoms. The Morgan fingerprint density at radius 1 is 1.29 bits per heavy atom. The molecule has 0 saturated heterocycles. The van der Waals surface area contributed by atoms with E-state index in [1.807, 2.05) is 42.3 Å². The van der Waals surface area contributed by atoms with Crippen molar-refractivity contribution < 1.29 is 9.90 Å². The average molecular weight is 288 g/mol. The molecule has 1 aromatic carbocycles. The first-order valence-corrected chi connectivity index (χ1v) is 7.89. The van der Waals surface area contributed by atoms with Crippen LogP contribution in [0, 0.1) is 5.92 Å². The number of hydrogen-bond acceptors (Lipinski definition) is 3. The van der Waals surface area contributed by atoms with Gasteiger partial charge in [0.05, 0.1) is 6.10 Å². The number of nitrogens with one attached hydrogen (secondary N) is 1. The van der Waals surface area contributed by atoms with Gasteiger partial charge in [-0.3, -0.25) is 9.69 Å². The van der Waals surface area contributed by atoms with Crippen LogP contribution < -0.4 is 5.32 Å². The molecule has 114 valence electrons. The van der Waals surface area contributed by atoms with E-state index in [-0.39, 0.29) is 18.1 Å². The predicted molar refractivity (Wildman–Crippen MR) is 81.7 cm³/mol. The van der Waals surface area contributed by atoms with Gasteiger partial charge >= 0.3 is 0 Å². The van der Waals surface area contributed by atoms with Gasteiger partial charge in [0.25, 0.3) is 0 Å². The third-order valence-electron chi connectivity index (χ3n) is 4.37. The van der Waals surface area contributed by atoms with E-state index in [1.165, 1.54) is 0 Å². The summed E-state index contributed by atoms with van der Waals surface area (Å²) in [6.45, 7) is 0.544. The fourth-order valence-electron chi connectivity index (χ4n) is 2.78. The first kappa shape index (κ1) is 14.5. The molecule has 0 aliphatic heterocycles. The Kier molecular flexibility index (Phi) is 4.27. The molecule has 2 saturated carbocycles. The lowest BCUT2D eigenvalue weighted by atomic mass is 10.0. The van der Waals surface area contributed by atoms with Crippen molar-refractivity contribution in [2.75, 3.05) is 13.6 Å². The van der Waals surface area contributed by atoms with Crippen molar-refractivity contribution in [3.63, 3.8) is 0 Å². The molecule has 2 aliphatic carbocycles. The largest absolute Gasteiger partial charge is 0.392 e. The van der Waals surface area contributed by atoms with Crippen molar-refractivity contribution in [2.24, 2.45) is 5.92 Å². The Morgan fingerprint density at radius 3 is 2.52 bits per heavy atom. The molecular formula is C17H24N2O2. The van der Waals surface area contributed by atoms with Crippen molar-refractivity contribution in [1.29, 1.82) is 0 Å². The number of hydrogen-bond donors (Lipinski definition) is 2. The Morgan fingerprint density at radius 2 is 1.95 bits per heavy atom. The quantitative estimate of drug-likeness (QED) is 0.803. The maximum atomic E-state index is 12.6. The second-order valence-electron chi connectivity index (χ2n) is 6.44. The van der Waals surface area contributed by atoms with E-state index in [0.29, 0.717) is 18.5 Å². The van der Waals surface area contributed by atoms with Crippen LogP contribution in [0.2, 0.25) is 0 Å². The Balaban J connectivity index is 1.71. The molecule has 1 aromatic rings. The molecule has 2 N–H and O–H groups in total. The second-order valence-corrected chi connectivity index (χ2v) is 6.44.